The number of benzene rings is 3. The van der Waals surface area contributed by atoms with Crippen molar-refractivity contribution in [3.05, 3.63) is 125 Å². The smallest absolute Gasteiger partial charge is 0.339 e. The Morgan fingerprint density at radius 1 is 0.879 bits per heavy atom. The number of hydrogen-bond donors (Lipinski definition) is 6. The van der Waals surface area contributed by atoms with E-state index in [1.165, 1.54) is 4.90 Å². The third-order valence-corrected chi connectivity index (χ3v) is 10.8. The standard InChI is InChI=1S/C43H48N2O13/c46-21-19-44-39(51)31-18-9-20-45(31)40(52)27-23-32(38-33(24-27)57-43(58-38,28-13-3-1-4-14-28)29-15-5-2-6-16-29)55-41(53)30-17-8-7-11-26(30)12-10-22-54-42-37(50)36(49)35(48)34(25-47)56-42/h1-8,10-17,24,31-38,42,46-50H,9,18-23,25H2,(H,44,51). The van der Waals surface area contributed by atoms with Crippen LogP contribution >= 0.6 is 0 Å². The summed E-state index contributed by atoms with van der Waals surface area (Å²) in [5, 5.41) is 51.9. The van der Waals surface area contributed by atoms with E-state index < -0.39 is 73.4 Å². The largest absolute Gasteiger partial charge is 0.456 e. The van der Waals surface area contributed by atoms with E-state index in [-0.39, 0.29) is 43.6 Å². The summed E-state index contributed by atoms with van der Waals surface area (Å²) in [6.07, 6.45) is -3.90. The quantitative estimate of drug-likeness (QED) is 0.134. The van der Waals surface area contributed by atoms with Crippen molar-refractivity contribution < 1.29 is 63.6 Å². The van der Waals surface area contributed by atoms with Gasteiger partial charge < -0.3 is 59.4 Å². The second kappa shape index (κ2) is 18.4. The summed E-state index contributed by atoms with van der Waals surface area (Å²) in [5.74, 6) is -2.85. The van der Waals surface area contributed by atoms with Gasteiger partial charge in [-0.3, -0.25) is 9.59 Å². The highest BCUT2D eigenvalue weighted by Gasteiger charge is 2.55. The first-order chi connectivity index (χ1) is 28.1. The summed E-state index contributed by atoms with van der Waals surface area (Å²) in [6.45, 7) is -0.541. The lowest BCUT2D eigenvalue weighted by Gasteiger charge is -2.39. The van der Waals surface area contributed by atoms with E-state index in [4.69, 9.17) is 23.7 Å². The lowest BCUT2D eigenvalue weighted by molar-refractivity contribution is -0.298. The molecule has 7 rings (SSSR count). The molecule has 3 saturated heterocycles. The van der Waals surface area contributed by atoms with Crippen molar-refractivity contribution in [1.82, 2.24) is 10.2 Å². The Morgan fingerprint density at radius 2 is 1.57 bits per heavy atom. The van der Waals surface area contributed by atoms with Crippen molar-refractivity contribution in [2.24, 2.45) is 0 Å². The van der Waals surface area contributed by atoms with Crippen LogP contribution in [0.5, 0.6) is 0 Å². The minimum atomic E-state index is -1.59. The molecule has 1 aliphatic carbocycles. The van der Waals surface area contributed by atoms with Gasteiger partial charge in [0.05, 0.1) is 25.4 Å². The molecule has 3 aliphatic heterocycles. The van der Waals surface area contributed by atoms with Gasteiger partial charge in [0, 0.05) is 36.2 Å². The highest BCUT2D eigenvalue weighted by Crippen LogP contribution is 2.47. The molecule has 3 aromatic rings. The molecule has 15 nitrogen and oxygen atoms in total. The molecule has 0 radical (unpaired) electrons. The third-order valence-electron chi connectivity index (χ3n) is 10.8. The van der Waals surface area contributed by atoms with Crippen LogP contribution in [-0.4, -0.2) is 136 Å². The van der Waals surface area contributed by atoms with E-state index in [2.05, 4.69) is 5.32 Å². The summed E-state index contributed by atoms with van der Waals surface area (Å²) in [5.41, 5.74) is 2.36. The molecule has 0 saturated carbocycles. The third kappa shape index (κ3) is 8.50. The molecule has 3 fully saturated rings. The van der Waals surface area contributed by atoms with E-state index in [9.17, 15) is 39.9 Å². The van der Waals surface area contributed by atoms with Crippen molar-refractivity contribution in [2.45, 2.75) is 80.1 Å². The second-order valence-corrected chi connectivity index (χ2v) is 14.5. The maximum atomic E-state index is 14.3. The zero-order valence-corrected chi connectivity index (χ0v) is 31.6. The molecule has 4 aliphatic rings. The zero-order chi connectivity index (χ0) is 40.8. The maximum Gasteiger partial charge on any atom is 0.339 e. The van der Waals surface area contributed by atoms with Gasteiger partial charge in [0.1, 0.15) is 48.8 Å². The van der Waals surface area contributed by atoms with Gasteiger partial charge in [-0.15, -0.1) is 0 Å². The molecule has 9 unspecified atom stereocenters. The lowest BCUT2D eigenvalue weighted by Crippen LogP contribution is -2.59. The number of aliphatic hydroxyl groups is 5. The number of ether oxygens (including phenoxy) is 5. The lowest BCUT2D eigenvalue weighted by atomic mass is 9.91. The van der Waals surface area contributed by atoms with Crippen LogP contribution in [0, 0.1) is 0 Å². The number of rotatable bonds is 13. The number of aliphatic hydroxyl groups excluding tert-OH is 5. The van der Waals surface area contributed by atoms with E-state index in [1.54, 1.807) is 42.5 Å². The van der Waals surface area contributed by atoms with Crippen LogP contribution in [0.25, 0.3) is 6.08 Å². The minimum Gasteiger partial charge on any atom is -0.456 e. The van der Waals surface area contributed by atoms with Gasteiger partial charge >= 0.3 is 5.97 Å². The van der Waals surface area contributed by atoms with Crippen molar-refractivity contribution in [2.75, 3.05) is 32.9 Å². The van der Waals surface area contributed by atoms with E-state index in [0.29, 0.717) is 41.6 Å². The number of carbonyl (C=O) groups excluding carboxylic acids is 3. The number of fused-ring (bicyclic) bond motifs is 1. The van der Waals surface area contributed by atoms with E-state index in [1.807, 2.05) is 60.7 Å². The van der Waals surface area contributed by atoms with Gasteiger partial charge in [-0.2, -0.15) is 0 Å². The Kier molecular flexibility index (Phi) is 13.1. The fraction of sp³-hybridized carbons (Fsp3) is 0.419. The Bertz CT molecular complexity index is 1920. The monoisotopic (exact) mass is 800 g/mol. The van der Waals surface area contributed by atoms with Gasteiger partial charge in [0.2, 0.25) is 17.6 Å². The number of nitrogens with zero attached hydrogens (tertiary/aromatic N) is 1. The van der Waals surface area contributed by atoms with Crippen LogP contribution in [0.3, 0.4) is 0 Å². The average Bonchev–Trinajstić information content (AvgIpc) is 3.92. The molecule has 58 heavy (non-hydrogen) atoms. The van der Waals surface area contributed by atoms with Crippen molar-refractivity contribution >= 4 is 23.9 Å². The molecule has 2 amide bonds. The predicted molar refractivity (Wildman–Crippen MR) is 205 cm³/mol. The molecular formula is C43H48N2O13. The highest BCUT2D eigenvalue weighted by molar-refractivity contribution is 5.98. The fourth-order valence-electron chi connectivity index (χ4n) is 7.91. The molecule has 0 bridgehead atoms. The van der Waals surface area contributed by atoms with Crippen molar-refractivity contribution in [3.8, 4) is 0 Å². The second-order valence-electron chi connectivity index (χ2n) is 14.5. The highest BCUT2D eigenvalue weighted by atomic mass is 16.8. The molecular weight excluding hydrogens is 752 g/mol. The number of hydrogen-bond acceptors (Lipinski definition) is 13. The Hall–Kier alpha value is -4.81. The summed E-state index contributed by atoms with van der Waals surface area (Å²) in [4.78, 5) is 43.0. The van der Waals surface area contributed by atoms with Crippen LogP contribution < -0.4 is 5.32 Å². The normalized spacial score (nSPS) is 29.2. The van der Waals surface area contributed by atoms with E-state index in [0.717, 1.165) is 0 Å². The molecule has 0 spiro atoms. The number of nitrogens with one attached hydrogen (secondary N) is 1. The Morgan fingerprint density at radius 3 is 2.26 bits per heavy atom. The van der Waals surface area contributed by atoms with Gasteiger partial charge in [-0.25, -0.2) is 4.79 Å². The van der Waals surface area contributed by atoms with Gasteiger partial charge in [0.15, 0.2) is 6.29 Å². The SMILES string of the molecule is O=C(OC1CC(C(=O)N2CCCC2C(=O)NCCO)=CC2OC(c3ccccc3)(c3ccccc3)OC21)c1ccccc1C=CCOC1OC(CO)C(O)C(O)C1O. The first-order valence-electron chi connectivity index (χ1n) is 19.4. The van der Waals surface area contributed by atoms with Crippen molar-refractivity contribution in [1.29, 1.82) is 0 Å². The number of esters is 1. The van der Waals surface area contributed by atoms with Crippen molar-refractivity contribution in [3.63, 3.8) is 0 Å². The Labute approximate surface area is 335 Å². The molecule has 3 heterocycles. The summed E-state index contributed by atoms with van der Waals surface area (Å²) < 4.78 is 30.9. The summed E-state index contributed by atoms with van der Waals surface area (Å²) >= 11 is 0. The van der Waals surface area contributed by atoms with Crippen LogP contribution in [0.1, 0.15) is 46.3 Å². The van der Waals surface area contributed by atoms with Crippen LogP contribution in [0.2, 0.25) is 0 Å². The number of likely N-dealkylation sites (tertiary alicyclic amines) is 1. The summed E-state index contributed by atoms with van der Waals surface area (Å²) in [6, 6.07) is 24.7. The molecule has 308 valence electrons. The van der Waals surface area contributed by atoms with Gasteiger partial charge in [-0.1, -0.05) is 91.0 Å². The fourth-order valence-corrected chi connectivity index (χ4v) is 7.91. The predicted octanol–water partition coefficient (Wildman–Crippen LogP) is 1.16. The van der Waals surface area contributed by atoms with E-state index >= 15 is 0 Å². The van der Waals surface area contributed by atoms with Gasteiger partial charge in [-0.05, 0) is 30.5 Å². The molecule has 9 atom stereocenters. The molecule has 3 aromatic carbocycles. The minimum absolute atomic E-state index is 0.0266. The summed E-state index contributed by atoms with van der Waals surface area (Å²) in [7, 11) is 0. The van der Waals surface area contributed by atoms with Crippen LogP contribution in [0.4, 0.5) is 0 Å². The van der Waals surface area contributed by atoms with Crippen LogP contribution in [0.15, 0.2) is 103 Å². The number of carbonyl (C=O) groups is 3. The topological polar surface area (TPSA) is 214 Å². The van der Waals surface area contributed by atoms with Crippen LogP contribution in [-0.2, 0) is 39.1 Å². The molecule has 6 N–H and O–H groups in total. The average molecular weight is 801 g/mol. The first kappa shape index (κ1) is 41.4. The molecule has 15 heteroatoms. The maximum absolute atomic E-state index is 14.3. The Balaban J connectivity index is 1.15. The van der Waals surface area contributed by atoms with Gasteiger partial charge in [0.25, 0.3) is 0 Å². The molecule has 0 aromatic heterocycles. The first-order valence-corrected chi connectivity index (χ1v) is 19.4. The zero-order valence-electron chi connectivity index (χ0n) is 31.6. The number of amides is 2.